The smallest absolute Gasteiger partial charge is 0.119 e. The van der Waals surface area contributed by atoms with Gasteiger partial charge in [-0.1, -0.05) is 42.5 Å². The maximum absolute atomic E-state index is 9.38. The van der Waals surface area contributed by atoms with Crippen molar-refractivity contribution in [1.29, 1.82) is 5.26 Å². The molecule has 0 spiro atoms. The van der Waals surface area contributed by atoms with Crippen molar-refractivity contribution in [2.45, 2.75) is 6.61 Å². The van der Waals surface area contributed by atoms with E-state index in [1.165, 1.54) is 0 Å². The molecule has 0 radical (unpaired) electrons. The van der Waals surface area contributed by atoms with E-state index in [0.29, 0.717) is 12.3 Å². The summed E-state index contributed by atoms with van der Waals surface area (Å²) in [7, 11) is 1.62. The molecule has 134 valence electrons. The third-order valence-electron chi connectivity index (χ3n) is 3.93. The maximum Gasteiger partial charge on any atom is 0.119 e. The summed E-state index contributed by atoms with van der Waals surface area (Å²) < 4.78 is 10.9. The first kappa shape index (κ1) is 18.1. The van der Waals surface area contributed by atoms with E-state index in [9.17, 15) is 5.26 Å². The minimum absolute atomic E-state index is 0.457. The number of nitrogens with one attached hydrogen (secondary N) is 1. The van der Waals surface area contributed by atoms with Gasteiger partial charge in [-0.3, -0.25) is 0 Å². The fraction of sp³-hybridized carbons (Fsp3) is 0.0870. The van der Waals surface area contributed by atoms with Crippen LogP contribution in [0.15, 0.2) is 84.6 Å². The lowest BCUT2D eigenvalue weighted by Crippen LogP contribution is -1.97. The molecule has 0 unspecified atom stereocenters. The number of hydrogen-bond acceptors (Lipinski definition) is 4. The Bertz CT molecular complexity index is 925. The molecular formula is C23H20N2O2. The average molecular weight is 356 g/mol. The van der Waals surface area contributed by atoms with Gasteiger partial charge in [0.15, 0.2) is 0 Å². The van der Waals surface area contributed by atoms with Gasteiger partial charge < -0.3 is 14.8 Å². The van der Waals surface area contributed by atoms with Gasteiger partial charge in [0.05, 0.1) is 7.11 Å². The average Bonchev–Trinajstić information content (AvgIpc) is 2.74. The van der Waals surface area contributed by atoms with E-state index in [4.69, 9.17) is 9.47 Å². The molecule has 0 aliphatic rings. The molecule has 0 atom stereocenters. The molecule has 0 bridgehead atoms. The van der Waals surface area contributed by atoms with Crippen molar-refractivity contribution in [3.8, 4) is 17.6 Å². The van der Waals surface area contributed by atoms with Gasteiger partial charge in [0.25, 0.3) is 0 Å². The summed E-state index contributed by atoms with van der Waals surface area (Å²) in [6, 6.07) is 27.3. The lowest BCUT2D eigenvalue weighted by molar-refractivity contribution is 0.306. The summed E-state index contributed by atoms with van der Waals surface area (Å²) in [6.07, 6.45) is 1.80. The minimum Gasteiger partial charge on any atom is -0.497 e. The number of nitriles is 1. The molecule has 3 aromatic carbocycles. The second-order valence-electron chi connectivity index (χ2n) is 5.87. The molecule has 0 fully saturated rings. The Morgan fingerprint density at radius 1 is 0.926 bits per heavy atom. The number of benzene rings is 3. The zero-order valence-corrected chi connectivity index (χ0v) is 15.1. The van der Waals surface area contributed by atoms with Crippen LogP contribution in [0.25, 0.3) is 6.08 Å². The van der Waals surface area contributed by atoms with E-state index < -0.39 is 0 Å². The number of allylic oxidation sites excluding steroid dienone is 1. The lowest BCUT2D eigenvalue weighted by atomic mass is 10.2. The predicted octanol–water partition coefficient (Wildman–Crippen LogP) is 5.25. The van der Waals surface area contributed by atoms with E-state index in [-0.39, 0.29) is 0 Å². The molecule has 27 heavy (non-hydrogen) atoms. The Labute approximate surface area is 159 Å². The number of ether oxygens (including phenoxy) is 2. The Kier molecular flexibility index (Phi) is 6.11. The van der Waals surface area contributed by atoms with E-state index >= 15 is 0 Å². The molecule has 0 amide bonds. The first-order valence-electron chi connectivity index (χ1n) is 8.56. The van der Waals surface area contributed by atoms with Crippen molar-refractivity contribution in [2.24, 2.45) is 0 Å². The van der Waals surface area contributed by atoms with Crippen molar-refractivity contribution < 1.29 is 9.47 Å². The number of nitrogens with zero attached hydrogens (tertiary/aromatic N) is 1. The largest absolute Gasteiger partial charge is 0.497 e. The number of hydrogen-bond donors (Lipinski definition) is 1. The molecule has 0 saturated carbocycles. The second kappa shape index (κ2) is 9.12. The van der Waals surface area contributed by atoms with Gasteiger partial charge in [-0.15, -0.1) is 0 Å². The zero-order chi connectivity index (χ0) is 18.9. The molecule has 4 nitrogen and oxygen atoms in total. The van der Waals surface area contributed by atoms with Crippen LogP contribution in [0.1, 0.15) is 11.1 Å². The van der Waals surface area contributed by atoms with Crippen molar-refractivity contribution >= 4 is 11.8 Å². The second-order valence-corrected chi connectivity index (χ2v) is 5.87. The highest BCUT2D eigenvalue weighted by atomic mass is 16.5. The van der Waals surface area contributed by atoms with Gasteiger partial charge in [0.1, 0.15) is 29.9 Å². The molecule has 0 aromatic heterocycles. The molecule has 0 heterocycles. The molecular weight excluding hydrogens is 336 g/mol. The standard InChI is InChI=1S/C23H20N2O2/c1-26-22-13-9-20(10-14-22)25-21(16-24)15-18-7-11-23(12-8-18)27-17-19-5-3-2-4-6-19/h2-15,25H,17H2,1H3. The van der Waals surface area contributed by atoms with Crippen molar-refractivity contribution in [3.05, 3.63) is 95.7 Å². The Balaban J connectivity index is 1.63. The fourth-order valence-corrected chi connectivity index (χ4v) is 2.49. The van der Waals surface area contributed by atoms with Gasteiger partial charge in [0, 0.05) is 5.69 Å². The summed E-state index contributed by atoms with van der Waals surface area (Å²) in [6.45, 7) is 0.526. The van der Waals surface area contributed by atoms with Gasteiger partial charge in [-0.05, 0) is 53.6 Å². The van der Waals surface area contributed by atoms with E-state index in [2.05, 4.69) is 11.4 Å². The van der Waals surface area contributed by atoms with E-state index in [1.54, 1.807) is 13.2 Å². The van der Waals surface area contributed by atoms with Crippen LogP contribution in [-0.4, -0.2) is 7.11 Å². The first-order chi connectivity index (χ1) is 13.3. The van der Waals surface area contributed by atoms with Crippen LogP contribution in [0.4, 0.5) is 5.69 Å². The monoisotopic (exact) mass is 356 g/mol. The molecule has 3 rings (SSSR count). The Hall–Kier alpha value is -3.71. The quantitative estimate of drug-likeness (QED) is 0.587. The zero-order valence-electron chi connectivity index (χ0n) is 15.1. The van der Waals surface area contributed by atoms with Gasteiger partial charge in [-0.25, -0.2) is 0 Å². The number of rotatable bonds is 7. The SMILES string of the molecule is COc1ccc(NC(C#N)=Cc2ccc(OCc3ccccc3)cc2)cc1. The van der Waals surface area contributed by atoms with Crippen LogP contribution in [-0.2, 0) is 6.61 Å². The highest BCUT2D eigenvalue weighted by molar-refractivity contribution is 5.64. The molecule has 0 saturated heterocycles. The van der Waals surface area contributed by atoms with Crippen molar-refractivity contribution in [2.75, 3.05) is 12.4 Å². The van der Waals surface area contributed by atoms with E-state index in [0.717, 1.165) is 28.3 Å². The van der Waals surface area contributed by atoms with Crippen LogP contribution in [0.2, 0.25) is 0 Å². The van der Waals surface area contributed by atoms with Gasteiger partial charge >= 0.3 is 0 Å². The maximum atomic E-state index is 9.38. The van der Waals surface area contributed by atoms with Crippen LogP contribution < -0.4 is 14.8 Å². The topological polar surface area (TPSA) is 54.3 Å². The van der Waals surface area contributed by atoms with Crippen molar-refractivity contribution in [3.63, 3.8) is 0 Å². The number of anilines is 1. The normalized spacial score (nSPS) is 10.7. The summed E-state index contributed by atoms with van der Waals surface area (Å²) in [4.78, 5) is 0. The summed E-state index contributed by atoms with van der Waals surface area (Å²) in [5, 5.41) is 12.5. The molecule has 0 aliphatic heterocycles. The molecule has 4 heteroatoms. The number of methoxy groups -OCH3 is 1. The molecule has 3 aromatic rings. The highest BCUT2D eigenvalue weighted by Gasteiger charge is 2.00. The fourth-order valence-electron chi connectivity index (χ4n) is 2.49. The van der Waals surface area contributed by atoms with Crippen LogP contribution in [0.3, 0.4) is 0 Å². The molecule has 1 N–H and O–H groups in total. The Morgan fingerprint density at radius 2 is 1.59 bits per heavy atom. The van der Waals surface area contributed by atoms with Gasteiger partial charge in [-0.2, -0.15) is 5.26 Å². The highest BCUT2D eigenvalue weighted by Crippen LogP contribution is 2.19. The van der Waals surface area contributed by atoms with E-state index in [1.807, 2.05) is 78.9 Å². The van der Waals surface area contributed by atoms with Crippen molar-refractivity contribution in [1.82, 2.24) is 0 Å². The third kappa shape index (κ3) is 5.38. The summed E-state index contributed by atoms with van der Waals surface area (Å²) in [5.41, 5.74) is 3.32. The minimum atomic E-state index is 0.457. The first-order valence-corrected chi connectivity index (χ1v) is 8.56. The lowest BCUT2D eigenvalue weighted by Gasteiger charge is -2.08. The van der Waals surface area contributed by atoms with Crippen LogP contribution >= 0.6 is 0 Å². The summed E-state index contributed by atoms with van der Waals surface area (Å²) >= 11 is 0. The van der Waals surface area contributed by atoms with Crippen LogP contribution in [0.5, 0.6) is 11.5 Å². The molecule has 0 aliphatic carbocycles. The van der Waals surface area contributed by atoms with Gasteiger partial charge in [0.2, 0.25) is 0 Å². The predicted molar refractivity (Wildman–Crippen MR) is 107 cm³/mol. The van der Waals surface area contributed by atoms with Crippen LogP contribution in [0, 0.1) is 11.3 Å². The third-order valence-corrected chi connectivity index (χ3v) is 3.93. The Morgan fingerprint density at radius 3 is 2.22 bits per heavy atom. The summed E-state index contributed by atoms with van der Waals surface area (Å²) in [5.74, 6) is 1.56.